The van der Waals surface area contributed by atoms with Gasteiger partial charge in [0, 0.05) is 32.4 Å². The van der Waals surface area contributed by atoms with Crippen molar-refractivity contribution in [3.63, 3.8) is 0 Å². The first-order valence-corrected chi connectivity index (χ1v) is 7.45. The van der Waals surface area contributed by atoms with Gasteiger partial charge in [0.15, 0.2) is 11.5 Å². The average molecular weight is 316 g/mol. The summed E-state index contributed by atoms with van der Waals surface area (Å²) in [5, 5.41) is 0.331. The topological polar surface area (TPSA) is 73.8 Å². The SMILES string of the molecule is Clc1nc2ncnc-2c(N2CCN(c3cccnc3)CC2)[nH]1. The molecule has 0 unspecified atom stereocenters. The van der Waals surface area contributed by atoms with E-state index in [1.807, 2.05) is 12.3 Å². The van der Waals surface area contributed by atoms with Gasteiger partial charge in [-0.3, -0.25) is 4.98 Å². The van der Waals surface area contributed by atoms with Crippen LogP contribution in [0.1, 0.15) is 0 Å². The van der Waals surface area contributed by atoms with Crippen LogP contribution in [0.25, 0.3) is 11.5 Å². The van der Waals surface area contributed by atoms with Gasteiger partial charge >= 0.3 is 0 Å². The molecular formula is C14H14ClN7. The van der Waals surface area contributed by atoms with Crippen LogP contribution in [-0.2, 0) is 0 Å². The Morgan fingerprint density at radius 2 is 1.91 bits per heavy atom. The number of pyridine rings is 1. The van der Waals surface area contributed by atoms with E-state index < -0.39 is 0 Å². The normalized spacial score (nSPS) is 15.5. The van der Waals surface area contributed by atoms with Gasteiger partial charge in [-0.05, 0) is 23.7 Å². The van der Waals surface area contributed by atoms with Gasteiger partial charge in [0.05, 0.1) is 11.9 Å². The minimum atomic E-state index is 0.331. The Balaban J connectivity index is 1.55. The van der Waals surface area contributed by atoms with Crippen LogP contribution in [0, 0.1) is 0 Å². The van der Waals surface area contributed by atoms with E-state index in [2.05, 4.69) is 40.8 Å². The third-order valence-electron chi connectivity index (χ3n) is 3.84. The lowest BCUT2D eigenvalue weighted by atomic mass is 10.2. The second kappa shape index (κ2) is 5.42. The van der Waals surface area contributed by atoms with Gasteiger partial charge in [0.1, 0.15) is 12.1 Å². The number of rotatable bonds is 2. The molecule has 3 aliphatic rings. The molecule has 1 N–H and O–H groups in total. The fourth-order valence-corrected chi connectivity index (χ4v) is 2.91. The molecule has 7 nitrogen and oxygen atoms in total. The number of halogens is 1. The molecule has 0 amide bonds. The number of nitrogens with zero attached hydrogens (tertiary/aromatic N) is 6. The Hall–Kier alpha value is -2.41. The van der Waals surface area contributed by atoms with Gasteiger partial charge in [-0.15, -0.1) is 0 Å². The fourth-order valence-electron chi connectivity index (χ4n) is 2.74. The maximum Gasteiger partial charge on any atom is 0.203 e. The molecule has 1 aromatic heterocycles. The van der Waals surface area contributed by atoms with Crippen molar-refractivity contribution >= 4 is 23.1 Å². The molecule has 4 rings (SSSR count). The lowest BCUT2D eigenvalue weighted by molar-refractivity contribution is 0.646. The molecule has 8 heteroatoms. The molecule has 0 bridgehead atoms. The highest BCUT2D eigenvalue weighted by atomic mass is 35.5. The number of aromatic nitrogens is 5. The number of nitrogens with one attached hydrogen (secondary N) is 1. The molecule has 1 fully saturated rings. The lowest BCUT2D eigenvalue weighted by Gasteiger charge is -2.37. The third kappa shape index (κ3) is 2.33. The second-order valence-corrected chi connectivity index (χ2v) is 5.47. The summed E-state index contributed by atoms with van der Waals surface area (Å²) in [7, 11) is 0. The maximum absolute atomic E-state index is 6.04. The predicted octanol–water partition coefficient (Wildman–Crippen LogP) is 1.68. The first-order chi connectivity index (χ1) is 10.8. The van der Waals surface area contributed by atoms with Crippen molar-refractivity contribution in [3.05, 3.63) is 36.1 Å². The van der Waals surface area contributed by atoms with Crippen molar-refractivity contribution < 1.29 is 0 Å². The summed E-state index contributed by atoms with van der Waals surface area (Å²) in [6.07, 6.45) is 5.20. The highest BCUT2D eigenvalue weighted by Gasteiger charge is 2.24. The van der Waals surface area contributed by atoms with Crippen LogP contribution >= 0.6 is 11.6 Å². The molecule has 0 aliphatic carbocycles. The van der Waals surface area contributed by atoms with Crippen molar-refractivity contribution in [1.29, 1.82) is 0 Å². The molecule has 0 aromatic carbocycles. The quantitative estimate of drug-likeness (QED) is 0.725. The molecule has 3 aliphatic heterocycles. The monoisotopic (exact) mass is 315 g/mol. The van der Waals surface area contributed by atoms with Crippen LogP contribution in [0.15, 0.2) is 30.9 Å². The van der Waals surface area contributed by atoms with E-state index in [-0.39, 0.29) is 0 Å². The molecular weight excluding hydrogens is 302 g/mol. The number of H-pyrrole nitrogens is 1. The number of piperazine rings is 1. The molecule has 0 saturated carbocycles. The summed E-state index contributed by atoms with van der Waals surface area (Å²) in [6.45, 7) is 3.56. The van der Waals surface area contributed by atoms with Gasteiger partial charge in [0.25, 0.3) is 0 Å². The highest BCUT2D eigenvalue weighted by Crippen LogP contribution is 2.28. The molecule has 0 atom stereocenters. The van der Waals surface area contributed by atoms with E-state index in [1.54, 1.807) is 6.20 Å². The van der Waals surface area contributed by atoms with Crippen molar-refractivity contribution in [2.45, 2.75) is 0 Å². The van der Waals surface area contributed by atoms with E-state index in [1.165, 1.54) is 6.33 Å². The molecule has 1 aromatic rings. The molecule has 0 spiro atoms. The van der Waals surface area contributed by atoms with E-state index in [4.69, 9.17) is 11.6 Å². The fraction of sp³-hybridized carbons (Fsp3) is 0.286. The van der Waals surface area contributed by atoms with Crippen molar-refractivity contribution in [2.24, 2.45) is 0 Å². The first kappa shape index (κ1) is 13.3. The summed E-state index contributed by atoms with van der Waals surface area (Å²) in [5.74, 6) is 1.46. The summed E-state index contributed by atoms with van der Waals surface area (Å²) in [6, 6.07) is 4.04. The van der Waals surface area contributed by atoms with E-state index in [0.29, 0.717) is 11.1 Å². The van der Waals surface area contributed by atoms with Crippen LogP contribution in [-0.4, -0.2) is 51.1 Å². The van der Waals surface area contributed by atoms with Crippen LogP contribution in [0.2, 0.25) is 5.28 Å². The molecule has 112 valence electrons. The summed E-state index contributed by atoms with van der Waals surface area (Å²) in [4.78, 5) is 24.4. The number of imidazole rings is 1. The maximum atomic E-state index is 6.04. The summed E-state index contributed by atoms with van der Waals surface area (Å²) < 4.78 is 0. The Kier molecular flexibility index (Phi) is 3.27. The number of anilines is 2. The minimum absolute atomic E-state index is 0.331. The van der Waals surface area contributed by atoms with E-state index in [9.17, 15) is 0 Å². The Morgan fingerprint density at radius 1 is 1.09 bits per heavy atom. The van der Waals surface area contributed by atoms with E-state index in [0.717, 1.165) is 43.4 Å². The molecule has 22 heavy (non-hydrogen) atoms. The van der Waals surface area contributed by atoms with Gasteiger partial charge in [0.2, 0.25) is 5.28 Å². The molecule has 4 heterocycles. The number of aromatic amines is 1. The van der Waals surface area contributed by atoms with Gasteiger partial charge in [-0.1, -0.05) is 0 Å². The first-order valence-electron chi connectivity index (χ1n) is 7.07. The zero-order valence-electron chi connectivity index (χ0n) is 11.8. The predicted molar refractivity (Wildman–Crippen MR) is 84.5 cm³/mol. The number of fused-ring (bicyclic) bond motifs is 1. The second-order valence-electron chi connectivity index (χ2n) is 5.11. The molecule has 1 saturated heterocycles. The van der Waals surface area contributed by atoms with Gasteiger partial charge in [-0.2, -0.15) is 4.98 Å². The Morgan fingerprint density at radius 3 is 2.68 bits per heavy atom. The zero-order valence-corrected chi connectivity index (χ0v) is 12.5. The van der Waals surface area contributed by atoms with Crippen LogP contribution in [0.3, 0.4) is 0 Å². The Bertz CT molecular complexity index is 736. The minimum Gasteiger partial charge on any atom is -0.367 e. The van der Waals surface area contributed by atoms with Gasteiger partial charge < -0.3 is 14.8 Å². The molecule has 0 radical (unpaired) electrons. The largest absolute Gasteiger partial charge is 0.367 e. The van der Waals surface area contributed by atoms with Gasteiger partial charge in [-0.25, -0.2) is 9.97 Å². The number of hydrogen-bond donors (Lipinski definition) is 1. The standard InChI is InChI=1S/C14H14ClN7/c15-14-19-12-11(17-9-18-12)13(20-14)22-6-4-21(5-7-22)10-2-1-3-16-8-10/h1-3,8-9H,4-7H2,(H,17,18,19,20). The summed E-state index contributed by atoms with van der Waals surface area (Å²) in [5.41, 5.74) is 1.91. The van der Waals surface area contributed by atoms with E-state index >= 15 is 0 Å². The average Bonchev–Trinajstić information content (AvgIpc) is 3.03. The summed E-state index contributed by atoms with van der Waals surface area (Å²) >= 11 is 6.04. The van der Waals surface area contributed by atoms with Crippen molar-refractivity contribution in [3.8, 4) is 11.5 Å². The smallest absolute Gasteiger partial charge is 0.203 e. The number of hydrogen-bond acceptors (Lipinski definition) is 6. The van der Waals surface area contributed by atoms with Crippen LogP contribution in [0.4, 0.5) is 11.5 Å². The Labute approximate surface area is 132 Å². The zero-order chi connectivity index (χ0) is 14.9. The van der Waals surface area contributed by atoms with Crippen molar-refractivity contribution in [2.75, 3.05) is 36.0 Å². The van der Waals surface area contributed by atoms with Crippen LogP contribution < -0.4 is 9.80 Å². The third-order valence-corrected chi connectivity index (χ3v) is 4.01. The van der Waals surface area contributed by atoms with Crippen molar-refractivity contribution in [1.82, 2.24) is 24.9 Å². The van der Waals surface area contributed by atoms with Crippen LogP contribution in [0.5, 0.6) is 0 Å². The highest BCUT2D eigenvalue weighted by molar-refractivity contribution is 6.28. The lowest BCUT2D eigenvalue weighted by Crippen LogP contribution is -2.47.